The van der Waals surface area contributed by atoms with Gasteiger partial charge in [-0.3, -0.25) is 9.69 Å². The highest BCUT2D eigenvalue weighted by Gasteiger charge is 2.38. The molecule has 164 valence electrons. The third-order valence-corrected chi connectivity index (χ3v) is 4.30. The molecular formula is C19H18F5NO5. The van der Waals surface area contributed by atoms with E-state index < -0.39 is 30.3 Å². The van der Waals surface area contributed by atoms with Gasteiger partial charge in [-0.1, -0.05) is 0 Å². The summed E-state index contributed by atoms with van der Waals surface area (Å²) >= 11 is 0. The molecule has 6 nitrogen and oxygen atoms in total. The fourth-order valence-corrected chi connectivity index (χ4v) is 2.88. The van der Waals surface area contributed by atoms with Crippen LogP contribution in [0, 0.1) is 5.82 Å². The molecular weight excluding hydrogens is 417 g/mol. The normalized spacial score (nSPS) is 19.6. The van der Waals surface area contributed by atoms with E-state index in [0.717, 1.165) is 5.56 Å². The quantitative estimate of drug-likeness (QED) is 0.703. The van der Waals surface area contributed by atoms with E-state index in [1.165, 1.54) is 12.1 Å². The topological polar surface area (TPSA) is 91.0 Å². The Bertz CT molecular complexity index is 865. The van der Waals surface area contributed by atoms with Gasteiger partial charge in [0.2, 0.25) is 0 Å². The zero-order valence-corrected chi connectivity index (χ0v) is 15.4. The van der Waals surface area contributed by atoms with Crippen LogP contribution in [-0.4, -0.2) is 52.0 Å². The fourth-order valence-electron chi connectivity index (χ4n) is 2.88. The maximum atomic E-state index is 13.6. The predicted molar refractivity (Wildman–Crippen MR) is 93.8 cm³/mol. The van der Waals surface area contributed by atoms with Crippen molar-refractivity contribution in [2.45, 2.75) is 37.8 Å². The van der Waals surface area contributed by atoms with Crippen LogP contribution in [0.15, 0.2) is 40.8 Å². The lowest BCUT2D eigenvalue weighted by Gasteiger charge is -2.33. The van der Waals surface area contributed by atoms with E-state index in [0.29, 0.717) is 17.9 Å². The molecule has 0 amide bonds. The highest BCUT2D eigenvalue weighted by molar-refractivity contribution is 5.73. The van der Waals surface area contributed by atoms with Crippen LogP contribution in [0.2, 0.25) is 0 Å². The molecule has 2 atom stereocenters. The van der Waals surface area contributed by atoms with Crippen molar-refractivity contribution in [2.24, 2.45) is 0 Å². The van der Waals surface area contributed by atoms with Crippen LogP contribution in [0.4, 0.5) is 22.0 Å². The van der Waals surface area contributed by atoms with Crippen molar-refractivity contribution in [3.63, 3.8) is 0 Å². The largest absolute Gasteiger partial charge is 0.490 e. The smallest absolute Gasteiger partial charge is 0.480 e. The Labute approximate surface area is 167 Å². The van der Waals surface area contributed by atoms with Crippen molar-refractivity contribution in [1.29, 1.82) is 0 Å². The number of carbonyl (C=O) groups is 2. The van der Waals surface area contributed by atoms with Gasteiger partial charge in [0.25, 0.3) is 0 Å². The number of carboxylic acids is 2. The van der Waals surface area contributed by atoms with E-state index in [-0.39, 0.29) is 25.3 Å². The van der Waals surface area contributed by atoms with E-state index in [1.807, 2.05) is 0 Å². The second-order valence-electron chi connectivity index (χ2n) is 6.53. The van der Waals surface area contributed by atoms with Gasteiger partial charge >= 0.3 is 18.1 Å². The molecule has 2 heterocycles. The number of carboxylic acid groups (broad SMARTS) is 2. The Morgan fingerprint density at radius 3 is 2.20 bits per heavy atom. The third-order valence-electron chi connectivity index (χ3n) is 4.30. The zero-order valence-electron chi connectivity index (χ0n) is 15.4. The van der Waals surface area contributed by atoms with E-state index in [4.69, 9.17) is 14.3 Å². The highest BCUT2D eigenvalue weighted by Crippen LogP contribution is 2.26. The molecule has 0 aliphatic carbocycles. The van der Waals surface area contributed by atoms with Crippen molar-refractivity contribution in [2.75, 3.05) is 6.54 Å². The average Bonchev–Trinajstić information content (AvgIpc) is 3.10. The van der Waals surface area contributed by atoms with Crippen molar-refractivity contribution >= 4 is 11.9 Å². The van der Waals surface area contributed by atoms with Gasteiger partial charge in [-0.05, 0) is 49.2 Å². The molecule has 3 rings (SSSR count). The minimum absolute atomic E-state index is 0.0869. The van der Waals surface area contributed by atoms with E-state index in [2.05, 4.69) is 0 Å². The number of benzene rings is 1. The minimum atomic E-state index is -5.08. The van der Waals surface area contributed by atoms with E-state index >= 15 is 0 Å². The summed E-state index contributed by atoms with van der Waals surface area (Å²) in [5.74, 6) is -2.90. The number of alkyl halides is 4. The van der Waals surface area contributed by atoms with Crippen LogP contribution in [-0.2, 0) is 16.1 Å². The minimum Gasteiger partial charge on any atom is -0.480 e. The standard InChI is InChI=1S/C17H17F2NO3.C2HF3O2/c18-12-3-1-11(2-4-12)16-8-6-14(23-16)10-20-9-13(19)5-7-15(20)17(21)22;3-2(4,5)1(6)7/h1-4,6,8,13,15H,5,7,9-10H2,(H,21,22);(H,6,7)/t13-,15+;/m1./s1. The summed E-state index contributed by atoms with van der Waals surface area (Å²) in [7, 11) is 0. The number of furan rings is 1. The van der Waals surface area contributed by atoms with Crippen LogP contribution >= 0.6 is 0 Å². The third kappa shape index (κ3) is 6.55. The molecule has 0 bridgehead atoms. The molecule has 1 aromatic carbocycles. The zero-order chi connectivity index (χ0) is 22.5. The molecule has 0 unspecified atom stereocenters. The summed E-state index contributed by atoms with van der Waals surface area (Å²) in [6, 6.07) is 8.69. The molecule has 11 heteroatoms. The van der Waals surface area contributed by atoms with Crippen LogP contribution in [0.3, 0.4) is 0 Å². The van der Waals surface area contributed by atoms with Crippen molar-refractivity contribution in [3.05, 3.63) is 48.0 Å². The van der Waals surface area contributed by atoms with E-state index in [9.17, 15) is 31.9 Å². The Kier molecular flexibility index (Phi) is 7.54. The van der Waals surface area contributed by atoms with Crippen molar-refractivity contribution in [3.8, 4) is 11.3 Å². The van der Waals surface area contributed by atoms with Crippen LogP contribution in [0.25, 0.3) is 11.3 Å². The second kappa shape index (κ2) is 9.70. The fraction of sp³-hybridized carbons (Fsp3) is 0.368. The Balaban J connectivity index is 0.000000396. The number of hydrogen-bond acceptors (Lipinski definition) is 4. The number of nitrogens with zero attached hydrogens (tertiary/aromatic N) is 1. The number of rotatable bonds is 4. The van der Waals surface area contributed by atoms with Crippen LogP contribution in [0.5, 0.6) is 0 Å². The Morgan fingerprint density at radius 1 is 1.07 bits per heavy atom. The first-order valence-corrected chi connectivity index (χ1v) is 8.73. The van der Waals surface area contributed by atoms with Gasteiger partial charge in [-0.25, -0.2) is 13.6 Å². The Hall–Kier alpha value is -2.95. The molecule has 1 aliphatic heterocycles. The number of aliphatic carboxylic acids is 2. The highest BCUT2D eigenvalue weighted by atomic mass is 19.4. The summed E-state index contributed by atoms with van der Waals surface area (Å²) in [6.45, 7) is 0.322. The second-order valence-corrected chi connectivity index (χ2v) is 6.53. The number of hydrogen-bond donors (Lipinski definition) is 2. The maximum absolute atomic E-state index is 13.6. The number of piperidine rings is 1. The first-order valence-electron chi connectivity index (χ1n) is 8.73. The molecule has 1 saturated heterocycles. The summed E-state index contributed by atoms with van der Waals surface area (Å²) in [4.78, 5) is 21.8. The summed E-state index contributed by atoms with van der Waals surface area (Å²) < 4.78 is 64.0. The Morgan fingerprint density at radius 2 is 1.67 bits per heavy atom. The lowest BCUT2D eigenvalue weighted by Crippen LogP contribution is -2.47. The summed E-state index contributed by atoms with van der Waals surface area (Å²) in [6.07, 6.45) is -5.54. The molecule has 30 heavy (non-hydrogen) atoms. The van der Waals surface area contributed by atoms with Gasteiger partial charge in [0.05, 0.1) is 6.54 Å². The molecule has 2 N–H and O–H groups in total. The van der Waals surface area contributed by atoms with Crippen LogP contribution < -0.4 is 0 Å². The molecule has 0 radical (unpaired) electrons. The van der Waals surface area contributed by atoms with Gasteiger partial charge in [0.1, 0.15) is 29.6 Å². The molecule has 0 spiro atoms. The summed E-state index contributed by atoms with van der Waals surface area (Å²) in [5, 5.41) is 16.4. The van der Waals surface area contributed by atoms with Gasteiger partial charge in [-0.15, -0.1) is 0 Å². The predicted octanol–water partition coefficient (Wildman–Crippen LogP) is 4.11. The van der Waals surface area contributed by atoms with Gasteiger partial charge < -0.3 is 14.6 Å². The lowest BCUT2D eigenvalue weighted by atomic mass is 10.0. The van der Waals surface area contributed by atoms with Gasteiger partial charge in [0.15, 0.2) is 0 Å². The van der Waals surface area contributed by atoms with Crippen LogP contribution in [0.1, 0.15) is 18.6 Å². The molecule has 0 saturated carbocycles. The maximum Gasteiger partial charge on any atom is 0.490 e. The number of halogens is 5. The van der Waals surface area contributed by atoms with Crippen molar-refractivity contribution in [1.82, 2.24) is 4.90 Å². The molecule has 2 aromatic rings. The van der Waals surface area contributed by atoms with Gasteiger partial charge in [0, 0.05) is 12.1 Å². The number of likely N-dealkylation sites (tertiary alicyclic amines) is 1. The lowest BCUT2D eigenvalue weighted by molar-refractivity contribution is -0.192. The SMILES string of the molecule is O=C(O)C(F)(F)F.O=C(O)[C@@H]1CC[C@@H](F)CN1Cc1ccc(-c2ccc(F)cc2)o1. The van der Waals surface area contributed by atoms with Crippen molar-refractivity contribution < 1.29 is 46.2 Å². The average molecular weight is 435 g/mol. The summed E-state index contributed by atoms with van der Waals surface area (Å²) in [5.41, 5.74) is 0.731. The van der Waals surface area contributed by atoms with E-state index in [1.54, 1.807) is 29.2 Å². The molecule has 1 fully saturated rings. The van der Waals surface area contributed by atoms with Gasteiger partial charge in [-0.2, -0.15) is 13.2 Å². The first-order chi connectivity index (χ1) is 14.0. The molecule has 1 aliphatic rings. The first kappa shape index (κ1) is 23.3. The monoisotopic (exact) mass is 435 g/mol. The molecule has 1 aromatic heterocycles.